The Labute approximate surface area is 190 Å². The van der Waals surface area contributed by atoms with Gasteiger partial charge in [0.1, 0.15) is 0 Å². The summed E-state index contributed by atoms with van der Waals surface area (Å²) >= 11 is 1.30. The van der Waals surface area contributed by atoms with Crippen LogP contribution in [0.25, 0.3) is 10.8 Å². The van der Waals surface area contributed by atoms with Crippen LogP contribution >= 0.6 is 11.8 Å². The van der Waals surface area contributed by atoms with Crippen molar-refractivity contribution < 1.29 is 9.59 Å². The van der Waals surface area contributed by atoms with E-state index in [1.165, 1.54) is 11.8 Å². The Bertz CT molecular complexity index is 1240. The van der Waals surface area contributed by atoms with Crippen molar-refractivity contribution in [3.8, 4) is 0 Å². The Balaban J connectivity index is 1.27. The minimum atomic E-state index is -0.119. The van der Waals surface area contributed by atoms with Crippen molar-refractivity contribution in [2.24, 2.45) is 7.05 Å². The molecular formula is C24H23N5O2S. The number of thioether (sulfide) groups is 1. The monoisotopic (exact) mass is 445 g/mol. The molecule has 0 aliphatic rings. The fraction of sp³-hybridized carbons (Fsp3) is 0.167. The molecule has 0 spiro atoms. The zero-order chi connectivity index (χ0) is 22.3. The van der Waals surface area contributed by atoms with Gasteiger partial charge >= 0.3 is 0 Å². The molecule has 1 heterocycles. The fourth-order valence-corrected chi connectivity index (χ4v) is 3.97. The van der Waals surface area contributed by atoms with E-state index in [4.69, 9.17) is 0 Å². The molecule has 0 unspecified atom stereocenters. The topological polar surface area (TPSA) is 88.9 Å². The Morgan fingerprint density at radius 2 is 1.66 bits per heavy atom. The average Bonchev–Trinajstić information content (AvgIpc) is 3.16. The highest BCUT2D eigenvalue weighted by Crippen LogP contribution is 2.20. The number of benzene rings is 3. The molecule has 0 aliphatic carbocycles. The van der Waals surface area contributed by atoms with Crippen LogP contribution in [0.1, 0.15) is 11.4 Å². The van der Waals surface area contributed by atoms with Gasteiger partial charge in [0.25, 0.3) is 0 Å². The lowest BCUT2D eigenvalue weighted by molar-refractivity contribution is -0.120. The third kappa shape index (κ3) is 5.53. The highest BCUT2D eigenvalue weighted by molar-refractivity contribution is 7.99. The molecule has 3 aromatic carbocycles. The van der Waals surface area contributed by atoms with Gasteiger partial charge in [0.05, 0.1) is 18.7 Å². The number of carbonyl (C=O) groups is 2. The van der Waals surface area contributed by atoms with Gasteiger partial charge in [-0.2, -0.15) is 0 Å². The minimum absolute atomic E-state index is 0.0804. The van der Waals surface area contributed by atoms with Crippen LogP contribution in [-0.2, 0) is 29.6 Å². The highest BCUT2D eigenvalue weighted by Gasteiger charge is 2.13. The Morgan fingerprint density at radius 3 is 2.47 bits per heavy atom. The van der Waals surface area contributed by atoms with E-state index in [0.717, 1.165) is 22.0 Å². The number of amides is 2. The van der Waals surface area contributed by atoms with Crippen LogP contribution in [0.2, 0.25) is 0 Å². The van der Waals surface area contributed by atoms with Gasteiger partial charge in [0.2, 0.25) is 11.8 Å². The number of fused-ring (bicyclic) bond motifs is 1. The first-order chi connectivity index (χ1) is 15.6. The summed E-state index contributed by atoms with van der Waals surface area (Å²) in [5, 5.41) is 16.9. The fourth-order valence-electron chi connectivity index (χ4n) is 3.24. The highest BCUT2D eigenvalue weighted by atomic mass is 32.2. The van der Waals surface area contributed by atoms with Crippen LogP contribution in [0.5, 0.6) is 0 Å². The first kappa shape index (κ1) is 21.6. The summed E-state index contributed by atoms with van der Waals surface area (Å²) in [5.74, 6) is 0.636. The van der Waals surface area contributed by atoms with E-state index < -0.39 is 0 Å². The Kier molecular flexibility index (Phi) is 6.81. The lowest BCUT2D eigenvalue weighted by atomic mass is 10.1. The van der Waals surface area contributed by atoms with Crippen LogP contribution in [-0.4, -0.2) is 32.3 Å². The molecule has 2 amide bonds. The maximum Gasteiger partial charge on any atom is 0.234 e. The number of anilines is 1. The number of hydrogen-bond donors (Lipinski definition) is 2. The second kappa shape index (κ2) is 10.1. The molecule has 32 heavy (non-hydrogen) atoms. The number of carbonyl (C=O) groups excluding carboxylic acids is 2. The number of rotatable bonds is 8. The summed E-state index contributed by atoms with van der Waals surface area (Å²) in [6, 6.07) is 23.4. The van der Waals surface area contributed by atoms with Crippen molar-refractivity contribution in [3.63, 3.8) is 0 Å². The summed E-state index contributed by atoms with van der Waals surface area (Å²) in [5.41, 5.74) is 1.71. The summed E-state index contributed by atoms with van der Waals surface area (Å²) in [6.07, 6.45) is 0.315. The van der Waals surface area contributed by atoms with Crippen LogP contribution in [0.4, 0.5) is 5.69 Å². The molecule has 2 N–H and O–H groups in total. The molecule has 7 nitrogen and oxygen atoms in total. The first-order valence-corrected chi connectivity index (χ1v) is 11.2. The number of hydrogen-bond acceptors (Lipinski definition) is 5. The predicted octanol–water partition coefficient (Wildman–Crippen LogP) is 3.56. The molecule has 1 aromatic heterocycles. The standard InChI is InChI=1S/C24H23N5O2S/c1-29-21(15-25-22(30)13-17-7-3-2-4-8-17)27-28-24(29)32-16-23(31)26-20-12-11-18-9-5-6-10-19(18)14-20/h2-12,14H,13,15-16H2,1H3,(H,25,30)(H,26,31). The van der Waals surface area contributed by atoms with Crippen molar-refractivity contribution in [2.45, 2.75) is 18.1 Å². The molecule has 0 radical (unpaired) electrons. The van der Waals surface area contributed by atoms with Gasteiger partial charge in [-0.25, -0.2) is 0 Å². The van der Waals surface area contributed by atoms with Crippen LogP contribution in [0.3, 0.4) is 0 Å². The maximum absolute atomic E-state index is 12.4. The summed E-state index contributed by atoms with van der Waals surface area (Å²) in [6.45, 7) is 0.277. The summed E-state index contributed by atoms with van der Waals surface area (Å²) in [7, 11) is 1.82. The zero-order valence-electron chi connectivity index (χ0n) is 17.6. The normalized spacial score (nSPS) is 10.8. The minimum Gasteiger partial charge on any atom is -0.349 e. The van der Waals surface area contributed by atoms with Crippen LogP contribution < -0.4 is 10.6 Å². The molecule has 8 heteroatoms. The number of nitrogens with one attached hydrogen (secondary N) is 2. The van der Waals surface area contributed by atoms with Gasteiger partial charge < -0.3 is 15.2 Å². The maximum atomic E-state index is 12.4. The lowest BCUT2D eigenvalue weighted by Gasteiger charge is -2.07. The Hall–Kier alpha value is -3.65. The van der Waals surface area contributed by atoms with E-state index in [9.17, 15) is 9.59 Å². The van der Waals surface area contributed by atoms with E-state index in [0.29, 0.717) is 17.4 Å². The van der Waals surface area contributed by atoms with E-state index >= 15 is 0 Å². The number of aromatic nitrogens is 3. The van der Waals surface area contributed by atoms with Gasteiger partial charge in [-0.3, -0.25) is 9.59 Å². The van der Waals surface area contributed by atoms with Gasteiger partial charge in [-0.05, 0) is 28.5 Å². The quantitative estimate of drug-likeness (QED) is 0.405. The second-order valence-electron chi connectivity index (χ2n) is 7.30. The van der Waals surface area contributed by atoms with Gasteiger partial charge in [0.15, 0.2) is 11.0 Å². The van der Waals surface area contributed by atoms with E-state index in [1.807, 2.05) is 79.8 Å². The van der Waals surface area contributed by atoms with E-state index in [1.54, 1.807) is 4.57 Å². The number of nitrogens with zero attached hydrogens (tertiary/aromatic N) is 3. The molecule has 0 fully saturated rings. The van der Waals surface area contributed by atoms with Crippen molar-refractivity contribution in [1.29, 1.82) is 0 Å². The van der Waals surface area contributed by atoms with Crippen molar-refractivity contribution in [1.82, 2.24) is 20.1 Å². The molecule has 0 saturated carbocycles. The molecule has 0 atom stereocenters. The zero-order valence-corrected chi connectivity index (χ0v) is 18.4. The molecule has 0 aliphatic heterocycles. The molecule has 4 rings (SSSR count). The second-order valence-corrected chi connectivity index (χ2v) is 8.24. The largest absolute Gasteiger partial charge is 0.349 e. The SMILES string of the molecule is Cn1c(CNC(=O)Cc2ccccc2)nnc1SCC(=O)Nc1ccc2ccccc2c1. The first-order valence-electron chi connectivity index (χ1n) is 10.2. The molecule has 4 aromatic rings. The van der Waals surface area contributed by atoms with Crippen LogP contribution in [0.15, 0.2) is 78.0 Å². The van der Waals surface area contributed by atoms with Crippen molar-refractivity contribution >= 4 is 40.0 Å². The Morgan fingerprint density at radius 1 is 0.906 bits per heavy atom. The van der Waals surface area contributed by atoms with Crippen molar-refractivity contribution in [2.75, 3.05) is 11.1 Å². The smallest absolute Gasteiger partial charge is 0.234 e. The van der Waals surface area contributed by atoms with E-state index in [2.05, 4.69) is 20.8 Å². The third-order valence-corrected chi connectivity index (χ3v) is 5.96. The van der Waals surface area contributed by atoms with Gasteiger partial charge in [-0.15, -0.1) is 10.2 Å². The van der Waals surface area contributed by atoms with Gasteiger partial charge in [-0.1, -0.05) is 72.4 Å². The average molecular weight is 446 g/mol. The third-order valence-electron chi connectivity index (χ3n) is 4.94. The lowest BCUT2D eigenvalue weighted by Crippen LogP contribution is -2.26. The molecular weight excluding hydrogens is 422 g/mol. The summed E-state index contributed by atoms with van der Waals surface area (Å²) < 4.78 is 1.79. The predicted molar refractivity (Wildman–Crippen MR) is 126 cm³/mol. The summed E-state index contributed by atoms with van der Waals surface area (Å²) in [4.78, 5) is 24.5. The molecule has 162 valence electrons. The van der Waals surface area contributed by atoms with Gasteiger partial charge in [0, 0.05) is 12.7 Å². The van der Waals surface area contributed by atoms with Crippen molar-refractivity contribution in [3.05, 3.63) is 84.2 Å². The molecule has 0 saturated heterocycles. The van der Waals surface area contributed by atoms with Crippen LogP contribution in [0, 0.1) is 0 Å². The van der Waals surface area contributed by atoms with E-state index in [-0.39, 0.29) is 24.1 Å². The molecule has 0 bridgehead atoms.